The quantitative estimate of drug-likeness (QED) is 0.464. The van der Waals surface area contributed by atoms with Crippen molar-refractivity contribution >= 4 is 11.4 Å². The average molecular weight is 138 g/mol. The minimum atomic E-state index is -2.07. The fraction of sp³-hybridized carbons (Fsp3) is 1.00. The summed E-state index contributed by atoms with van der Waals surface area (Å²) < 4.78 is 22.1. The second-order valence-electron chi connectivity index (χ2n) is 1.39. The molecule has 0 aliphatic carbocycles. The standard InChI is InChI=1S/C4H10O3S/c1-2-3-4-7-8(5)6/h2-4H2,1H3,(H,5,6). The molecule has 4 heteroatoms. The largest absolute Gasteiger partial charge is 0.301 e. The van der Waals surface area contributed by atoms with E-state index in [4.69, 9.17) is 4.55 Å². The van der Waals surface area contributed by atoms with E-state index in [9.17, 15) is 4.21 Å². The van der Waals surface area contributed by atoms with Crippen LogP contribution >= 0.6 is 0 Å². The second-order valence-corrected chi connectivity index (χ2v) is 2.06. The van der Waals surface area contributed by atoms with E-state index in [1.54, 1.807) is 0 Å². The molecule has 50 valence electrons. The van der Waals surface area contributed by atoms with Gasteiger partial charge in [-0.15, -0.1) is 0 Å². The predicted octanol–water partition coefficient (Wildman–Crippen LogP) is 0.940. The van der Waals surface area contributed by atoms with Crippen LogP contribution in [0.2, 0.25) is 0 Å². The Labute approximate surface area is 51.5 Å². The molecule has 0 aromatic rings. The number of unbranched alkanes of at least 4 members (excludes halogenated alkanes) is 1. The van der Waals surface area contributed by atoms with E-state index in [1.807, 2.05) is 6.92 Å². The highest BCUT2D eigenvalue weighted by atomic mass is 32.2. The third-order valence-corrected chi connectivity index (χ3v) is 1.05. The molecule has 0 spiro atoms. The molecule has 0 heterocycles. The molecular weight excluding hydrogens is 128 g/mol. The number of hydrogen-bond donors (Lipinski definition) is 1. The van der Waals surface area contributed by atoms with Gasteiger partial charge in [0.05, 0.1) is 6.61 Å². The van der Waals surface area contributed by atoms with Crippen LogP contribution < -0.4 is 0 Å². The molecule has 3 nitrogen and oxygen atoms in total. The summed E-state index contributed by atoms with van der Waals surface area (Å²) in [6.45, 7) is 2.36. The van der Waals surface area contributed by atoms with Crippen LogP contribution in [0.15, 0.2) is 0 Å². The topological polar surface area (TPSA) is 46.5 Å². The van der Waals surface area contributed by atoms with Gasteiger partial charge in [-0.3, -0.25) is 8.74 Å². The summed E-state index contributed by atoms with van der Waals surface area (Å²) in [6, 6.07) is 0. The Morgan fingerprint density at radius 3 is 2.75 bits per heavy atom. The Hall–Kier alpha value is 0.0700. The van der Waals surface area contributed by atoms with Gasteiger partial charge in [-0.2, -0.15) is 4.21 Å². The van der Waals surface area contributed by atoms with Crippen molar-refractivity contribution in [2.24, 2.45) is 0 Å². The first-order valence-electron chi connectivity index (χ1n) is 2.51. The smallest absolute Gasteiger partial charge is 0.284 e. The Balaban J connectivity index is 2.82. The maximum atomic E-state index is 9.76. The molecule has 0 saturated carbocycles. The summed E-state index contributed by atoms with van der Waals surface area (Å²) in [5, 5.41) is 0. The van der Waals surface area contributed by atoms with Gasteiger partial charge in [-0.25, -0.2) is 0 Å². The lowest BCUT2D eigenvalue weighted by Gasteiger charge is -1.92. The third kappa shape index (κ3) is 6.07. The molecule has 0 aromatic carbocycles. The SMILES string of the molecule is CCCCOS(=O)O. The van der Waals surface area contributed by atoms with Crippen LogP contribution in [-0.2, 0) is 15.5 Å². The van der Waals surface area contributed by atoms with Gasteiger partial charge >= 0.3 is 11.4 Å². The fourth-order valence-corrected chi connectivity index (χ4v) is 0.535. The van der Waals surface area contributed by atoms with Crippen molar-refractivity contribution in [2.45, 2.75) is 19.8 Å². The van der Waals surface area contributed by atoms with Gasteiger partial charge < -0.3 is 0 Å². The van der Waals surface area contributed by atoms with Crippen LogP contribution in [0.1, 0.15) is 19.8 Å². The first-order chi connectivity index (χ1) is 3.77. The molecule has 0 radical (unpaired) electrons. The molecule has 0 fully saturated rings. The molecule has 1 atom stereocenters. The van der Waals surface area contributed by atoms with E-state index in [-0.39, 0.29) is 0 Å². The maximum absolute atomic E-state index is 9.76. The molecule has 0 saturated heterocycles. The number of rotatable bonds is 4. The van der Waals surface area contributed by atoms with Crippen LogP contribution in [0.25, 0.3) is 0 Å². The van der Waals surface area contributed by atoms with Crippen LogP contribution in [-0.4, -0.2) is 15.4 Å². The third-order valence-electron chi connectivity index (χ3n) is 0.682. The Morgan fingerprint density at radius 1 is 1.75 bits per heavy atom. The van der Waals surface area contributed by atoms with Gasteiger partial charge in [-0.05, 0) is 6.42 Å². The first kappa shape index (κ1) is 8.07. The molecular formula is C4H10O3S. The summed E-state index contributed by atoms with van der Waals surface area (Å²) in [4.78, 5) is 0. The van der Waals surface area contributed by atoms with E-state index in [2.05, 4.69) is 4.18 Å². The van der Waals surface area contributed by atoms with Crippen molar-refractivity contribution in [3.05, 3.63) is 0 Å². The van der Waals surface area contributed by atoms with Crippen molar-refractivity contribution in [1.82, 2.24) is 0 Å². The fourth-order valence-electron chi connectivity index (χ4n) is 0.275. The zero-order valence-electron chi connectivity index (χ0n) is 4.79. The molecule has 0 bridgehead atoms. The maximum Gasteiger partial charge on any atom is 0.301 e. The highest BCUT2D eigenvalue weighted by molar-refractivity contribution is 7.74. The minimum Gasteiger partial charge on any atom is -0.284 e. The lowest BCUT2D eigenvalue weighted by Crippen LogP contribution is -1.95. The van der Waals surface area contributed by atoms with Gasteiger partial charge in [0, 0.05) is 0 Å². The molecule has 1 N–H and O–H groups in total. The summed E-state index contributed by atoms with van der Waals surface area (Å²) in [7, 11) is 0. The number of hydrogen-bond acceptors (Lipinski definition) is 2. The van der Waals surface area contributed by atoms with E-state index < -0.39 is 11.4 Å². The van der Waals surface area contributed by atoms with Gasteiger partial charge in [-0.1, -0.05) is 13.3 Å². The normalized spacial score (nSPS) is 13.8. The van der Waals surface area contributed by atoms with Crippen LogP contribution in [0, 0.1) is 0 Å². The highest BCUT2D eigenvalue weighted by Crippen LogP contribution is 1.88. The van der Waals surface area contributed by atoms with Crippen molar-refractivity contribution in [1.29, 1.82) is 0 Å². The molecule has 0 aromatic heterocycles. The Morgan fingerprint density at radius 2 is 2.38 bits per heavy atom. The molecule has 0 aliphatic heterocycles. The van der Waals surface area contributed by atoms with E-state index in [0.29, 0.717) is 6.61 Å². The van der Waals surface area contributed by atoms with Gasteiger partial charge in [0.2, 0.25) is 0 Å². The zero-order valence-corrected chi connectivity index (χ0v) is 5.61. The first-order valence-corrected chi connectivity index (χ1v) is 3.54. The van der Waals surface area contributed by atoms with Crippen molar-refractivity contribution in [3.63, 3.8) is 0 Å². The second kappa shape index (κ2) is 5.21. The lowest BCUT2D eigenvalue weighted by atomic mass is 10.4. The van der Waals surface area contributed by atoms with Crippen LogP contribution in [0.4, 0.5) is 0 Å². The van der Waals surface area contributed by atoms with Crippen LogP contribution in [0.3, 0.4) is 0 Å². The van der Waals surface area contributed by atoms with E-state index >= 15 is 0 Å². The van der Waals surface area contributed by atoms with Crippen molar-refractivity contribution in [2.75, 3.05) is 6.61 Å². The molecule has 8 heavy (non-hydrogen) atoms. The summed E-state index contributed by atoms with van der Waals surface area (Å²) in [6.07, 6.45) is 1.82. The zero-order chi connectivity index (χ0) is 6.41. The summed E-state index contributed by atoms with van der Waals surface area (Å²) in [5.74, 6) is 0. The summed E-state index contributed by atoms with van der Waals surface area (Å²) in [5.41, 5.74) is 0. The average Bonchev–Trinajstić information content (AvgIpc) is 1.66. The monoisotopic (exact) mass is 138 g/mol. The Kier molecular flexibility index (Phi) is 5.26. The minimum absolute atomic E-state index is 0.375. The van der Waals surface area contributed by atoms with E-state index in [0.717, 1.165) is 12.8 Å². The highest BCUT2D eigenvalue weighted by Gasteiger charge is 1.89. The molecule has 0 amide bonds. The molecule has 0 aliphatic rings. The Bertz CT molecular complexity index is 73.7. The van der Waals surface area contributed by atoms with E-state index in [1.165, 1.54) is 0 Å². The summed E-state index contributed by atoms with van der Waals surface area (Å²) >= 11 is -2.07. The predicted molar refractivity (Wildman–Crippen MR) is 31.6 cm³/mol. The van der Waals surface area contributed by atoms with Gasteiger partial charge in [0.15, 0.2) is 0 Å². The molecule has 0 rings (SSSR count). The van der Waals surface area contributed by atoms with Gasteiger partial charge in [0.1, 0.15) is 0 Å². The van der Waals surface area contributed by atoms with Crippen LogP contribution in [0.5, 0.6) is 0 Å². The molecule has 1 unspecified atom stereocenters. The van der Waals surface area contributed by atoms with Crippen molar-refractivity contribution < 1.29 is 12.9 Å². The lowest BCUT2D eigenvalue weighted by molar-refractivity contribution is 0.300. The van der Waals surface area contributed by atoms with Crippen molar-refractivity contribution in [3.8, 4) is 0 Å². The van der Waals surface area contributed by atoms with Gasteiger partial charge in [0.25, 0.3) is 0 Å².